The second kappa shape index (κ2) is 3.76. The van der Waals surface area contributed by atoms with E-state index in [4.69, 9.17) is 28.9 Å². The molecule has 0 fully saturated rings. The van der Waals surface area contributed by atoms with Crippen LogP contribution in [0.15, 0.2) is 16.6 Å². The molecule has 0 spiro atoms. The molecular formula is C7H6BrCl2N. The fourth-order valence-corrected chi connectivity index (χ4v) is 1.56. The van der Waals surface area contributed by atoms with E-state index in [1.807, 2.05) is 6.07 Å². The summed E-state index contributed by atoms with van der Waals surface area (Å²) in [4.78, 5) is 0. The van der Waals surface area contributed by atoms with Crippen molar-refractivity contribution < 1.29 is 0 Å². The average molecular weight is 255 g/mol. The summed E-state index contributed by atoms with van der Waals surface area (Å²) in [6.45, 7) is 0.425. The third-order valence-corrected chi connectivity index (χ3v) is 3.36. The van der Waals surface area contributed by atoms with Gasteiger partial charge in [-0.3, -0.25) is 0 Å². The summed E-state index contributed by atoms with van der Waals surface area (Å²) >= 11 is 14.9. The first-order valence-electron chi connectivity index (χ1n) is 2.99. The Bertz CT molecular complexity index is 275. The highest BCUT2D eigenvalue weighted by Crippen LogP contribution is 2.32. The summed E-state index contributed by atoms with van der Waals surface area (Å²) in [5, 5.41) is 1.20. The van der Waals surface area contributed by atoms with Crippen molar-refractivity contribution in [3.63, 3.8) is 0 Å². The number of hydrogen-bond acceptors (Lipinski definition) is 1. The summed E-state index contributed by atoms with van der Waals surface area (Å²) in [6, 6.07) is 3.58. The van der Waals surface area contributed by atoms with Crippen LogP contribution in [0, 0.1) is 0 Å². The van der Waals surface area contributed by atoms with Gasteiger partial charge >= 0.3 is 0 Å². The largest absolute Gasteiger partial charge is 0.326 e. The quantitative estimate of drug-likeness (QED) is 0.766. The maximum absolute atomic E-state index is 5.89. The zero-order valence-electron chi connectivity index (χ0n) is 5.57. The first-order valence-corrected chi connectivity index (χ1v) is 4.54. The Morgan fingerprint density at radius 2 is 2.00 bits per heavy atom. The molecule has 2 N–H and O–H groups in total. The van der Waals surface area contributed by atoms with Gasteiger partial charge in [-0.15, -0.1) is 0 Å². The van der Waals surface area contributed by atoms with Crippen molar-refractivity contribution in [3.8, 4) is 0 Å². The van der Waals surface area contributed by atoms with Crippen LogP contribution in [0.4, 0.5) is 0 Å². The molecule has 0 aliphatic rings. The van der Waals surface area contributed by atoms with Gasteiger partial charge in [0.15, 0.2) is 0 Å². The maximum atomic E-state index is 5.89. The standard InChI is InChI=1S/C7H6BrCl2N/c8-6-5(9)2-1-4(3-11)7(6)10/h1-2H,3,11H2. The van der Waals surface area contributed by atoms with E-state index in [9.17, 15) is 0 Å². The van der Waals surface area contributed by atoms with Crippen molar-refractivity contribution in [3.05, 3.63) is 32.2 Å². The Morgan fingerprint density at radius 3 is 2.55 bits per heavy atom. The smallest absolute Gasteiger partial charge is 0.0608 e. The van der Waals surface area contributed by atoms with Gasteiger partial charge in [-0.2, -0.15) is 0 Å². The number of nitrogens with two attached hydrogens (primary N) is 1. The van der Waals surface area contributed by atoms with Gasteiger partial charge in [-0.1, -0.05) is 29.3 Å². The van der Waals surface area contributed by atoms with Gasteiger partial charge < -0.3 is 5.73 Å². The van der Waals surface area contributed by atoms with Crippen LogP contribution in [0.1, 0.15) is 5.56 Å². The predicted molar refractivity (Wildman–Crippen MR) is 52.1 cm³/mol. The molecule has 1 rings (SSSR count). The zero-order chi connectivity index (χ0) is 8.43. The molecule has 0 aromatic heterocycles. The number of halogens is 3. The Hall–Kier alpha value is 0.240. The minimum atomic E-state index is 0.425. The molecule has 0 saturated heterocycles. The van der Waals surface area contributed by atoms with E-state index in [1.54, 1.807) is 6.07 Å². The minimum absolute atomic E-state index is 0.425. The van der Waals surface area contributed by atoms with Gasteiger partial charge in [0.05, 0.1) is 14.5 Å². The Balaban J connectivity index is 3.25. The third kappa shape index (κ3) is 1.88. The van der Waals surface area contributed by atoms with Crippen LogP contribution in [0.2, 0.25) is 10.0 Å². The summed E-state index contributed by atoms with van der Waals surface area (Å²) in [6.07, 6.45) is 0. The van der Waals surface area contributed by atoms with Crippen LogP contribution < -0.4 is 5.73 Å². The number of benzene rings is 1. The van der Waals surface area contributed by atoms with Gasteiger partial charge in [-0.25, -0.2) is 0 Å². The highest BCUT2D eigenvalue weighted by atomic mass is 79.9. The van der Waals surface area contributed by atoms with E-state index < -0.39 is 0 Å². The highest BCUT2D eigenvalue weighted by molar-refractivity contribution is 9.10. The molecule has 0 amide bonds. The van der Waals surface area contributed by atoms with E-state index in [0.717, 1.165) is 5.56 Å². The molecular weight excluding hydrogens is 249 g/mol. The summed E-state index contributed by atoms with van der Waals surface area (Å²) in [7, 11) is 0. The van der Waals surface area contributed by atoms with Gasteiger partial charge in [0.2, 0.25) is 0 Å². The summed E-state index contributed by atoms with van der Waals surface area (Å²) < 4.78 is 0.712. The molecule has 0 aliphatic carbocycles. The summed E-state index contributed by atoms with van der Waals surface area (Å²) in [5.74, 6) is 0. The second-order valence-electron chi connectivity index (χ2n) is 2.04. The SMILES string of the molecule is NCc1ccc(Cl)c(Br)c1Cl. The lowest BCUT2D eigenvalue weighted by atomic mass is 10.2. The first kappa shape index (κ1) is 9.33. The molecule has 0 bridgehead atoms. The molecule has 1 aromatic rings. The van der Waals surface area contributed by atoms with E-state index in [1.165, 1.54) is 0 Å². The van der Waals surface area contributed by atoms with Crippen LogP contribution in [0.25, 0.3) is 0 Å². The van der Waals surface area contributed by atoms with E-state index in [2.05, 4.69) is 15.9 Å². The molecule has 4 heteroatoms. The lowest BCUT2D eigenvalue weighted by molar-refractivity contribution is 1.07. The van der Waals surface area contributed by atoms with E-state index in [-0.39, 0.29) is 0 Å². The Kier molecular flexibility index (Phi) is 3.19. The van der Waals surface area contributed by atoms with Gasteiger partial charge in [0.1, 0.15) is 0 Å². The van der Waals surface area contributed by atoms with Crippen LogP contribution in [0.5, 0.6) is 0 Å². The topological polar surface area (TPSA) is 26.0 Å². The molecule has 0 aliphatic heterocycles. The van der Waals surface area contributed by atoms with Crippen molar-refractivity contribution in [1.82, 2.24) is 0 Å². The molecule has 0 radical (unpaired) electrons. The van der Waals surface area contributed by atoms with Crippen molar-refractivity contribution in [2.24, 2.45) is 5.73 Å². The number of rotatable bonds is 1. The molecule has 0 heterocycles. The lowest BCUT2D eigenvalue weighted by Crippen LogP contribution is -1.97. The molecule has 0 saturated carbocycles. The highest BCUT2D eigenvalue weighted by Gasteiger charge is 2.05. The third-order valence-electron chi connectivity index (χ3n) is 1.34. The molecule has 0 unspecified atom stereocenters. The van der Waals surface area contributed by atoms with Crippen molar-refractivity contribution in [2.45, 2.75) is 6.54 Å². The van der Waals surface area contributed by atoms with Crippen molar-refractivity contribution in [1.29, 1.82) is 0 Å². The minimum Gasteiger partial charge on any atom is -0.326 e. The lowest BCUT2D eigenvalue weighted by Gasteiger charge is -2.03. The maximum Gasteiger partial charge on any atom is 0.0608 e. The van der Waals surface area contributed by atoms with Gasteiger partial charge in [-0.05, 0) is 27.6 Å². The van der Waals surface area contributed by atoms with Crippen molar-refractivity contribution in [2.75, 3.05) is 0 Å². The van der Waals surface area contributed by atoms with Crippen molar-refractivity contribution >= 4 is 39.1 Å². The molecule has 0 atom stereocenters. The van der Waals surface area contributed by atoms with Crippen LogP contribution in [-0.2, 0) is 6.54 Å². The monoisotopic (exact) mass is 253 g/mol. The fraction of sp³-hybridized carbons (Fsp3) is 0.143. The van der Waals surface area contributed by atoms with Crippen LogP contribution >= 0.6 is 39.1 Å². The number of hydrogen-bond donors (Lipinski definition) is 1. The molecule has 1 aromatic carbocycles. The molecule has 60 valence electrons. The predicted octanol–water partition coefficient (Wildman–Crippen LogP) is 3.21. The first-order chi connectivity index (χ1) is 5.16. The average Bonchev–Trinajstić information content (AvgIpc) is 2.01. The van der Waals surface area contributed by atoms with Gasteiger partial charge in [0, 0.05) is 6.54 Å². The molecule has 1 nitrogen and oxygen atoms in total. The normalized spacial score (nSPS) is 10.2. The van der Waals surface area contributed by atoms with E-state index in [0.29, 0.717) is 21.1 Å². The zero-order valence-corrected chi connectivity index (χ0v) is 8.67. The summed E-state index contributed by atoms with van der Waals surface area (Å²) in [5.41, 5.74) is 6.31. The Morgan fingerprint density at radius 1 is 1.36 bits per heavy atom. The van der Waals surface area contributed by atoms with Crippen LogP contribution in [0.3, 0.4) is 0 Å². The second-order valence-corrected chi connectivity index (χ2v) is 3.62. The van der Waals surface area contributed by atoms with Gasteiger partial charge in [0.25, 0.3) is 0 Å². The molecule has 11 heavy (non-hydrogen) atoms. The van der Waals surface area contributed by atoms with Crippen LogP contribution in [-0.4, -0.2) is 0 Å². The Labute approximate surface area is 83.6 Å². The van der Waals surface area contributed by atoms with E-state index >= 15 is 0 Å². The fourth-order valence-electron chi connectivity index (χ4n) is 0.724.